The maximum atomic E-state index is 12.8. The van der Waals surface area contributed by atoms with E-state index in [-0.39, 0.29) is 11.3 Å². The van der Waals surface area contributed by atoms with Crippen molar-refractivity contribution in [1.29, 1.82) is 0 Å². The molecular formula is C21H17ClN4O3. The second-order valence-electron chi connectivity index (χ2n) is 6.68. The summed E-state index contributed by atoms with van der Waals surface area (Å²) in [5, 5.41) is 19.9. The molecule has 7 nitrogen and oxygen atoms in total. The van der Waals surface area contributed by atoms with Crippen molar-refractivity contribution in [3.8, 4) is 0 Å². The number of nitrogens with one attached hydrogen (secondary N) is 2. The lowest BCUT2D eigenvalue weighted by molar-refractivity contribution is -0.132. The highest BCUT2D eigenvalue weighted by atomic mass is 35.5. The molecule has 0 saturated carbocycles. The van der Waals surface area contributed by atoms with Crippen LogP contribution in [0.3, 0.4) is 0 Å². The molecule has 0 radical (unpaired) electrons. The van der Waals surface area contributed by atoms with Gasteiger partial charge in [0.1, 0.15) is 17.1 Å². The lowest BCUT2D eigenvalue weighted by Gasteiger charge is -2.24. The molecule has 2 aromatic carbocycles. The van der Waals surface area contributed by atoms with Crippen LogP contribution in [-0.2, 0) is 4.79 Å². The van der Waals surface area contributed by atoms with Crippen molar-refractivity contribution in [3.05, 3.63) is 88.2 Å². The molecular weight excluding hydrogens is 392 g/mol. The van der Waals surface area contributed by atoms with Crippen LogP contribution in [0.1, 0.15) is 27.5 Å². The van der Waals surface area contributed by atoms with Gasteiger partial charge in [-0.05, 0) is 36.8 Å². The number of rotatable bonds is 4. The van der Waals surface area contributed by atoms with E-state index in [0.717, 1.165) is 11.1 Å². The number of benzene rings is 2. The first-order chi connectivity index (χ1) is 13.9. The van der Waals surface area contributed by atoms with Gasteiger partial charge in [0.2, 0.25) is 0 Å². The van der Waals surface area contributed by atoms with Crippen molar-refractivity contribution in [2.24, 2.45) is 0 Å². The number of hydrogen-bond donors (Lipinski definition) is 3. The minimum atomic E-state index is -1.12. The number of carbonyl (C=O) groups is 2. The fourth-order valence-corrected chi connectivity index (χ4v) is 3.34. The Labute approximate surface area is 171 Å². The lowest BCUT2D eigenvalue weighted by atomic mass is 10.0. The van der Waals surface area contributed by atoms with Crippen LogP contribution in [0.5, 0.6) is 0 Å². The van der Waals surface area contributed by atoms with Crippen molar-refractivity contribution in [3.63, 3.8) is 0 Å². The number of amides is 1. The summed E-state index contributed by atoms with van der Waals surface area (Å²) in [7, 11) is 0. The van der Waals surface area contributed by atoms with E-state index in [1.807, 2.05) is 31.2 Å². The number of carboxylic acids is 1. The third-order valence-corrected chi connectivity index (χ3v) is 4.85. The molecule has 3 N–H and O–H groups in total. The van der Waals surface area contributed by atoms with Gasteiger partial charge >= 0.3 is 5.97 Å². The van der Waals surface area contributed by atoms with Gasteiger partial charge in [-0.25, -0.2) is 9.48 Å². The second-order valence-corrected chi connectivity index (χ2v) is 7.12. The topological polar surface area (TPSA) is 96.2 Å². The fourth-order valence-electron chi connectivity index (χ4n) is 3.15. The minimum absolute atomic E-state index is 0.0135. The van der Waals surface area contributed by atoms with Crippen molar-refractivity contribution in [2.45, 2.75) is 13.0 Å². The Hall–Kier alpha value is -3.58. The molecule has 2 heterocycles. The smallest absolute Gasteiger partial charge is 0.352 e. The normalized spacial score (nSPS) is 15.1. The zero-order valence-electron chi connectivity index (χ0n) is 15.4. The average Bonchev–Trinajstić information content (AvgIpc) is 3.12. The summed E-state index contributed by atoms with van der Waals surface area (Å²) in [4.78, 5) is 24.5. The molecule has 1 atom stereocenters. The van der Waals surface area contributed by atoms with Gasteiger partial charge < -0.3 is 15.7 Å². The van der Waals surface area contributed by atoms with Crippen LogP contribution in [-0.4, -0.2) is 26.8 Å². The molecule has 4 rings (SSSR count). The van der Waals surface area contributed by atoms with Crippen LogP contribution >= 0.6 is 11.6 Å². The van der Waals surface area contributed by atoms with E-state index in [0.29, 0.717) is 16.5 Å². The number of aryl methyl sites for hydroxylation is 1. The third-order valence-electron chi connectivity index (χ3n) is 4.61. The summed E-state index contributed by atoms with van der Waals surface area (Å²) < 4.78 is 1.60. The van der Waals surface area contributed by atoms with Crippen molar-refractivity contribution in [1.82, 2.24) is 9.78 Å². The number of carbonyl (C=O) groups excluding carboxylic acids is 1. The lowest BCUT2D eigenvalue weighted by Crippen LogP contribution is -2.25. The first kappa shape index (κ1) is 18.8. The number of nitrogens with zero attached hydrogens (tertiary/aromatic N) is 2. The predicted octanol–water partition coefficient (Wildman–Crippen LogP) is 4.08. The fraction of sp³-hybridized carbons (Fsp3) is 0.0952. The second kappa shape index (κ2) is 7.44. The Morgan fingerprint density at radius 1 is 1.21 bits per heavy atom. The molecule has 1 amide bonds. The zero-order chi connectivity index (χ0) is 20.5. The molecule has 1 aliphatic heterocycles. The molecule has 8 heteroatoms. The van der Waals surface area contributed by atoms with E-state index in [1.54, 1.807) is 35.0 Å². The first-order valence-electron chi connectivity index (χ1n) is 8.85. The first-order valence-corrected chi connectivity index (χ1v) is 9.23. The Kier molecular flexibility index (Phi) is 4.82. The molecule has 0 aliphatic carbocycles. The van der Waals surface area contributed by atoms with Crippen molar-refractivity contribution in [2.75, 3.05) is 10.6 Å². The molecule has 0 spiro atoms. The van der Waals surface area contributed by atoms with Gasteiger partial charge in [-0.2, -0.15) is 5.10 Å². The largest absolute Gasteiger partial charge is 0.477 e. The van der Waals surface area contributed by atoms with Gasteiger partial charge in [-0.3, -0.25) is 4.79 Å². The number of fused-ring (bicyclic) bond motifs is 1. The van der Waals surface area contributed by atoms with Gasteiger partial charge in [-0.1, -0.05) is 47.5 Å². The zero-order valence-corrected chi connectivity index (χ0v) is 16.1. The standard InChI is InChI=1S/C21H17ClN4O3/c1-12-5-7-13(8-6-12)18-10-17(21(28)29)25-19-16(11-23-26(18)19)20(27)24-15-4-2-3-14(22)9-15/h2-11,18,25H,1H3,(H,24,27)(H,28,29). The van der Waals surface area contributed by atoms with Crippen LogP contribution in [0.15, 0.2) is 66.5 Å². The summed E-state index contributed by atoms with van der Waals surface area (Å²) in [6, 6.07) is 14.0. The number of carboxylic acid groups (broad SMARTS) is 1. The van der Waals surface area contributed by atoms with E-state index in [4.69, 9.17) is 11.6 Å². The van der Waals surface area contributed by atoms with Crippen LogP contribution < -0.4 is 10.6 Å². The Balaban J connectivity index is 1.72. The van der Waals surface area contributed by atoms with Crippen LogP contribution in [0.4, 0.5) is 11.5 Å². The Morgan fingerprint density at radius 3 is 2.66 bits per heavy atom. The summed E-state index contributed by atoms with van der Waals surface area (Å²) >= 11 is 5.97. The van der Waals surface area contributed by atoms with Crippen LogP contribution in [0.25, 0.3) is 0 Å². The quantitative estimate of drug-likeness (QED) is 0.604. The van der Waals surface area contributed by atoms with E-state index in [2.05, 4.69) is 15.7 Å². The van der Waals surface area contributed by atoms with E-state index in [1.165, 1.54) is 6.20 Å². The number of aromatic nitrogens is 2. The Bertz CT molecular complexity index is 1140. The highest BCUT2D eigenvalue weighted by Crippen LogP contribution is 2.32. The molecule has 146 valence electrons. The maximum absolute atomic E-state index is 12.8. The van der Waals surface area contributed by atoms with E-state index < -0.39 is 17.9 Å². The van der Waals surface area contributed by atoms with Gasteiger partial charge in [0.15, 0.2) is 0 Å². The number of hydrogen-bond acceptors (Lipinski definition) is 4. The van der Waals surface area contributed by atoms with Gasteiger partial charge in [0.25, 0.3) is 5.91 Å². The summed E-state index contributed by atoms with van der Waals surface area (Å²) in [6.45, 7) is 1.97. The molecule has 0 fully saturated rings. The molecule has 29 heavy (non-hydrogen) atoms. The maximum Gasteiger partial charge on any atom is 0.352 e. The third kappa shape index (κ3) is 3.72. The average molecular weight is 409 g/mol. The minimum Gasteiger partial charge on any atom is -0.477 e. The highest BCUT2D eigenvalue weighted by molar-refractivity contribution is 6.31. The van der Waals surface area contributed by atoms with Crippen LogP contribution in [0.2, 0.25) is 5.02 Å². The van der Waals surface area contributed by atoms with Gasteiger partial charge in [-0.15, -0.1) is 0 Å². The van der Waals surface area contributed by atoms with E-state index >= 15 is 0 Å². The van der Waals surface area contributed by atoms with Crippen molar-refractivity contribution >= 4 is 35.0 Å². The number of anilines is 2. The molecule has 1 aliphatic rings. The molecule has 0 bridgehead atoms. The summed E-state index contributed by atoms with van der Waals surface area (Å²) in [5.74, 6) is -1.22. The number of aliphatic carboxylic acids is 1. The number of halogens is 1. The summed E-state index contributed by atoms with van der Waals surface area (Å²) in [5.41, 5.74) is 2.70. The van der Waals surface area contributed by atoms with Gasteiger partial charge in [0, 0.05) is 10.7 Å². The molecule has 1 aromatic heterocycles. The molecule has 0 saturated heterocycles. The SMILES string of the molecule is Cc1ccc(C2C=C(C(=O)O)Nc3c(C(=O)Nc4cccc(Cl)c4)cnn32)cc1. The molecule has 1 unspecified atom stereocenters. The highest BCUT2D eigenvalue weighted by Gasteiger charge is 2.29. The van der Waals surface area contributed by atoms with Crippen LogP contribution in [0, 0.1) is 6.92 Å². The Morgan fingerprint density at radius 2 is 1.97 bits per heavy atom. The monoisotopic (exact) mass is 408 g/mol. The predicted molar refractivity (Wildman–Crippen MR) is 110 cm³/mol. The summed E-state index contributed by atoms with van der Waals surface area (Å²) in [6.07, 6.45) is 2.99. The molecule has 3 aromatic rings. The number of allylic oxidation sites excluding steroid dienone is 1. The van der Waals surface area contributed by atoms with Crippen molar-refractivity contribution < 1.29 is 14.7 Å². The van der Waals surface area contributed by atoms with Gasteiger partial charge in [0.05, 0.1) is 12.2 Å². The van der Waals surface area contributed by atoms with E-state index in [9.17, 15) is 14.7 Å².